The fourth-order valence-electron chi connectivity index (χ4n) is 3.27. The van der Waals surface area contributed by atoms with Crippen LogP contribution in [0.4, 0.5) is 0 Å². The molecule has 2 heterocycles. The van der Waals surface area contributed by atoms with Crippen LogP contribution in [0.15, 0.2) is 53.6 Å². The molecule has 0 fully saturated rings. The smallest absolute Gasteiger partial charge is 0.347 e. The Labute approximate surface area is 181 Å². The molecule has 3 rings (SSSR count). The monoisotopic (exact) mass is 424 g/mol. The van der Waals surface area contributed by atoms with E-state index in [0.717, 1.165) is 29.8 Å². The lowest BCUT2D eigenvalue weighted by molar-refractivity contribution is -0.152. The molecule has 8 heteroatoms. The van der Waals surface area contributed by atoms with Gasteiger partial charge in [-0.2, -0.15) is 5.10 Å². The molecule has 0 amide bonds. The normalized spacial score (nSPS) is 11.5. The lowest BCUT2D eigenvalue weighted by Gasteiger charge is -2.21. The zero-order chi connectivity index (χ0) is 22.4. The second-order valence-corrected chi connectivity index (χ2v) is 7.88. The van der Waals surface area contributed by atoms with Crippen molar-refractivity contribution in [2.24, 2.45) is 0 Å². The number of rotatable bonds is 10. The number of hydrogen-bond acceptors (Lipinski definition) is 5. The minimum atomic E-state index is -1.28. The van der Waals surface area contributed by atoms with E-state index in [2.05, 4.69) is 10.1 Å². The third-order valence-corrected chi connectivity index (χ3v) is 5.05. The van der Waals surface area contributed by atoms with E-state index in [1.807, 2.05) is 31.2 Å². The maximum absolute atomic E-state index is 12.6. The van der Waals surface area contributed by atoms with Gasteiger partial charge in [0.15, 0.2) is 5.60 Å². The summed E-state index contributed by atoms with van der Waals surface area (Å²) in [6, 6.07) is 11.2. The van der Waals surface area contributed by atoms with Gasteiger partial charge in [-0.1, -0.05) is 18.2 Å². The molecule has 0 aliphatic carbocycles. The lowest BCUT2D eigenvalue weighted by atomic mass is 10.1. The Bertz CT molecular complexity index is 1070. The number of pyridine rings is 1. The number of carboxylic acid groups (broad SMARTS) is 1. The number of carboxylic acids is 1. The lowest BCUT2D eigenvalue weighted by Crippen LogP contribution is -2.37. The largest absolute Gasteiger partial charge is 0.478 e. The highest BCUT2D eigenvalue weighted by Crippen LogP contribution is 2.20. The molecule has 0 radical (unpaired) electrons. The molecule has 0 saturated carbocycles. The number of hydrogen-bond donors (Lipinski definition) is 1. The molecule has 164 valence electrons. The van der Waals surface area contributed by atoms with E-state index < -0.39 is 11.6 Å². The highest BCUT2D eigenvalue weighted by molar-refractivity contribution is 5.76. The van der Waals surface area contributed by atoms with Crippen LogP contribution in [-0.4, -0.2) is 36.0 Å². The van der Waals surface area contributed by atoms with E-state index in [9.17, 15) is 9.59 Å². The van der Waals surface area contributed by atoms with Gasteiger partial charge in [0.25, 0.3) is 0 Å². The van der Waals surface area contributed by atoms with Gasteiger partial charge in [0.05, 0.1) is 6.54 Å². The molecule has 8 nitrogen and oxygen atoms in total. The summed E-state index contributed by atoms with van der Waals surface area (Å²) in [6.07, 6.45) is 5.78. The maximum Gasteiger partial charge on any atom is 0.347 e. The number of aliphatic carboxylic acids is 1. The highest BCUT2D eigenvalue weighted by atomic mass is 16.5. The number of carbonyl (C=O) groups is 1. The zero-order valence-electron chi connectivity index (χ0n) is 18.1. The third kappa shape index (κ3) is 5.59. The van der Waals surface area contributed by atoms with Crippen LogP contribution >= 0.6 is 0 Å². The average molecular weight is 425 g/mol. The molecule has 0 aliphatic heterocycles. The minimum absolute atomic E-state index is 0.108. The van der Waals surface area contributed by atoms with Crippen molar-refractivity contribution >= 4 is 5.97 Å². The van der Waals surface area contributed by atoms with Crippen LogP contribution in [0.25, 0.3) is 0 Å². The summed E-state index contributed by atoms with van der Waals surface area (Å²) < 4.78 is 8.73. The summed E-state index contributed by atoms with van der Waals surface area (Å²) in [7, 11) is 0. The minimum Gasteiger partial charge on any atom is -0.478 e. The van der Waals surface area contributed by atoms with Crippen molar-refractivity contribution < 1.29 is 14.6 Å². The Morgan fingerprint density at radius 2 is 1.87 bits per heavy atom. The second kappa shape index (κ2) is 9.59. The van der Waals surface area contributed by atoms with Crippen LogP contribution in [0, 0.1) is 0 Å². The van der Waals surface area contributed by atoms with Gasteiger partial charge in [0, 0.05) is 25.4 Å². The van der Waals surface area contributed by atoms with Gasteiger partial charge in [-0.25, -0.2) is 14.3 Å². The van der Waals surface area contributed by atoms with Gasteiger partial charge in [-0.15, -0.1) is 0 Å². The SMILES string of the molecule is CCn1c(CCCc2ccc(OC(C)(C)C(=O)O)cc2)nn(Cc2cccnc2)c1=O. The summed E-state index contributed by atoms with van der Waals surface area (Å²) in [4.78, 5) is 27.9. The van der Waals surface area contributed by atoms with Crippen LogP contribution in [0.3, 0.4) is 0 Å². The fraction of sp³-hybridized carbons (Fsp3) is 0.391. The zero-order valence-corrected chi connectivity index (χ0v) is 18.1. The summed E-state index contributed by atoms with van der Waals surface area (Å²) >= 11 is 0. The van der Waals surface area contributed by atoms with E-state index in [1.54, 1.807) is 29.1 Å². The Morgan fingerprint density at radius 3 is 2.48 bits per heavy atom. The number of aromatic nitrogens is 4. The number of aryl methyl sites for hydroxylation is 2. The third-order valence-electron chi connectivity index (χ3n) is 5.05. The molecule has 2 aromatic heterocycles. The highest BCUT2D eigenvalue weighted by Gasteiger charge is 2.29. The number of nitrogens with zero attached hydrogens (tertiary/aromatic N) is 4. The molecule has 1 aromatic carbocycles. The Balaban J connectivity index is 1.61. The van der Waals surface area contributed by atoms with Crippen molar-refractivity contribution in [3.05, 3.63) is 76.2 Å². The van der Waals surface area contributed by atoms with E-state index >= 15 is 0 Å². The number of ether oxygens (including phenoxy) is 1. The van der Waals surface area contributed by atoms with Crippen molar-refractivity contribution in [3.8, 4) is 5.75 Å². The van der Waals surface area contributed by atoms with Gasteiger partial charge in [-0.05, 0) is 62.9 Å². The maximum atomic E-state index is 12.6. The topological polar surface area (TPSA) is 99.2 Å². The Morgan fingerprint density at radius 1 is 1.13 bits per heavy atom. The predicted molar refractivity (Wildman–Crippen MR) is 116 cm³/mol. The van der Waals surface area contributed by atoms with Gasteiger partial charge >= 0.3 is 11.7 Å². The average Bonchev–Trinajstić information content (AvgIpc) is 3.04. The first-order valence-electron chi connectivity index (χ1n) is 10.4. The van der Waals surface area contributed by atoms with Crippen molar-refractivity contribution in [2.75, 3.05) is 0 Å². The molecule has 31 heavy (non-hydrogen) atoms. The van der Waals surface area contributed by atoms with Crippen LogP contribution in [-0.2, 0) is 30.7 Å². The molecule has 0 atom stereocenters. The predicted octanol–water partition coefficient (Wildman–Crippen LogP) is 2.93. The molecule has 0 unspecified atom stereocenters. The summed E-state index contributed by atoms with van der Waals surface area (Å²) in [6.45, 7) is 5.96. The van der Waals surface area contributed by atoms with E-state index in [4.69, 9.17) is 9.84 Å². The molecule has 1 N–H and O–H groups in total. The van der Waals surface area contributed by atoms with Crippen molar-refractivity contribution in [2.45, 2.75) is 58.7 Å². The Kier molecular flexibility index (Phi) is 6.89. The number of benzene rings is 1. The first-order chi connectivity index (χ1) is 14.8. The van der Waals surface area contributed by atoms with E-state index in [1.165, 1.54) is 18.5 Å². The van der Waals surface area contributed by atoms with Crippen molar-refractivity contribution in [1.29, 1.82) is 0 Å². The van der Waals surface area contributed by atoms with Gasteiger partial charge in [0.2, 0.25) is 0 Å². The fourth-order valence-corrected chi connectivity index (χ4v) is 3.27. The molecular formula is C23H28N4O4. The molecule has 3 aromatic rings. The molecule has 0 bridgehead atoms. The van der Waals surface area contributed by atoms with Gasteiger partial charge < -0.3 is 9.84 Å². The second-order valence-electron chi connectivity index (χ2n) is 7.88. The Hall–Kier alpha value is -3.42. The quantitative estimate of drug-likeness (QED) is 0.537. The molecule has 0 spiro atoms. The van der Waals surface area contributed by atoms with Crippen molar-refractivity contribution in [1.82, 2.24) is 19.3 Å². The summed E-state index contributed by atoms with van der Waals surface area (Å²) in [5, 5.41) is 13.7. The van der Waals surface area contributed by atoms with Gasteiger partial charge in [-0.3, -0.25) is 9.55 Å². The standard InChI is InChI=1S/C23H28N4O4/c1-4-26-20(25-27(22(26)30)16-18-8-6-14-24-15-18)9-5-7-17-10-12-19(13-11-17)31-23(2,3)21(28)29/h6,8,10-15H,4-5,7,9,16H2,1-3H3,(H,28,29). The summed E-state index contributed by atoms with van der Waals surface area (Å²) in [5.41, 5.74) is 0.662. The molecular weight excluding hydrogens is 396 g/mol. The van der Waals surface area contributed by atoms with Crippen LogP contribution in [0.2, 0.25) is 0 Å². The van der Waals surface area contributed by atoms with E-state index in [-0.39, 0.29) is 5.69 Å². The molecule has 0 saturated heterocycles. The van der Waals surface area contributed by atoms with Gasteiger partial charge in [0.1, 0.15) is 11.6 Å². The summed E-state index contributed by atoms with van der Waals surface area (Å²) in [5.74, 6) is 0.283. The molecule has 0 aliphatic rings. The van der Waals surface area contributed by atoms with Crippen LogP contribution in [0.1, 0.15) is 44.1 Å². The van der Waals surface area contributed by atoms with E-state index in [0.29, 0.717) is 25.3 Å². The van der Waals surface area contributed by atoms with Crippen molar-refractivity contribution in [3.63, 3.8) is 0 Å². The van der Waals surface area contributed by atoms with Crippen LogP contribution in [0.5, 0.6) is 5.75 Å². The first kappa shape index (κ1) is 22.3. The first-order valence-corrected chi connectivity index (χ1v) is 10.4. The van der Waals surface area contributed by atoms with Crippen LogP contribution < -0.4 is 10.4 Å².